The predicted octanol–water partition coefficient (Wildman–Crippen LogP) is 0.248. The van der Waals surface area contributed by atoms with E-state index in [-0.39, 0.29) is 18.3 Å². The van der Waals surface area contributed by atoms with Crippen molar-refractivity contribution in [3.05, 3.63) is 12.2 Å². The Morgan fingerprint density at radius 3 is 2.45 bits per heavy atom. The Morgan fingerprint density at radius 1 is 1.45 bits per heavy atom. The minimum Gasteiger partial charge on any atom is -0.478 e. The highest BCUT2D eigenvalue weighted by molar-refractivity contribution is 5.86. The zero-order chi connectivity index (χ0) is 8.27. The molecule has 0 spiro atoms. The van der Waals surface area contributed by atoms with Crippen LogP contribution in [0, 0.1) is 5.92 Å². The van der Waals surface area contributed by atoms with E-state index in [4.69, 9.17) is 14.6 Å². The van der Waals surface area contributed by atoms with Crippen LogP contribution in [0.2, 0.25) is 0 Å². The van der Waals surface area contributed by atoms with Crippen LogP contribution in [0.5, 0.6) is 0 Å². The number of rotatable bonds is 2. The minimum atomic E-state index is -0.982. The number of ether oxygens (including phenoxy) is 2. The van der Waals surface area contributed by atoms with Crippen molar-refractivity contribution in [2.75, 3.05) is 20.0 Å². The smallest absolute Gasteiger partial charge is 0.331 e. The number of hydrogen-bond donors (Lipinski definition) is 1. The lowest BCUT2D eigenvalue weighted by atomic mass is 10.0. The molecule has 0 saturated carbocycles. The molecule has 0 amide bonds. The molecule has 0 atom stereocenters. The van der Waals surface area contributed by atoms with Crippen LogP contribution in [-0.2, 0) is 14.3 Å². The summed E-state index contributed by atoms with van der Waals surface area (Å²) in [6, 6.07) is 0. The molecule has 1 fully saturated rings. The Labute approximate surface area is 64.4 Å². The molecule has 0 unspecified atom stereocenters. The van der Waals surface area contributed by atoms with E-state index in [1.807, 2.05) is 0 Å². The summed E-state index contributed by atoms with van der Waals surface area (Å²) >= 11 is 0. The van der Waals surface area contributed by atoms with Gasteiger partial charge in [0.15, 0.2) is 0 Å². The van der Waals surface area contributed by atoms with Gasteiger partial charge in [0.2, 0.25) is 0 Å². The quantitative estimate of drug-likeness (QED) is 0.585. The van der Waals surface area contributed by atoms with Gasteiger partial charge in [-0.05, 0) is 0 Å². The Bertz CT molecular complexity index is 169. The highest BCUT2D eigenvalue weighted by atomic mass is 16.7. The highest BCUT2D eigenvalue weighted by Crippen LogP contribution is 2.13. The van der Waals surface area contributed by atoms with Crippen molar-refractivity contribution in [3.8, 4) is 0 Å². The highest BCUT2D eigenvalue weighted by Gasteiger charge is 2.21. The molecule has 11 heavy (non-hydrogen) atoms. The Morgan fingerprint density at radius 2 is 2.00 bits per heavy atom. The summed E-state index contributed by atoms with van der Waals surface area (Å²) in [7, 11) is 0. The van der Waals surface area contributed by atoms with Gasteiger partial charge in [0.25, 0.3) is 0 Å². The van der Waals surface area contributed by atoms with Gasteiger partial charge in [-0.1, -0.05) is 6.58 Å². The molecule has 1 N–H and O–H groups in total. The number of hydrogen-bond acceptors (Lipinski definition) is 3. The van der Waals surface area contributed by atoms with E-state index in [2.05, 4.69) is 6.58 Å². The summed E-state index contributed by atoms with van der Waals surface area (Å²) in [5.74, 6) is -1.18. The zero-order valence-electron chi connectivity index (χ0n) is 6.08. The molecule has 1 heterocycles. The summed E-state index contributed by atoms with van der Waals surface area (Å²) in [5.41, 5.74) is 0.157. The molecule has 4 nitrogen and oxygen atoms in total. The molecular formula is C7H10O4. The molecule has 1 saturated heterocycles. The third-order valence-electron chi connectivity index (χ3n) is 1.57. The SMILES string of the molecule is C=C(C(=O)O)C1COCOC1. The van der Waals surface area contributed by atoms with Crippen LogP contribution in [0.25, 0.3) is 0 Å². The van der Waals surface area contributed by atoms with E-state index < -0.39 is 5.97 Å². The van der Waals surface area contributed by atoms with E-state index in [1.54, 1.807) is 0 Å². The van der Waals surface area contributed by atoms with Gasteiger partial charge in [0, 0.05) is 11.5 Å². The van der Waals surface area contributed by atoms with Crippen molar-refractivity contribution in [1.82, 2.24) is 0 Å². The summed E-state index contributed by atoms with van der Waals surface area (Å²) in [5, 5.41) is 8.52. The van der Waals surface area contributed by atoms with Crippen LogP contribution >= 0.6 is 0 Å². The first kappa shape index (κ1) is 8.23. The molecule has 0 bridgehead atoms. The molecule has 0 aromatic carbocycles. The van der Waals surface area contributed by atoms with Gasteiger partial charge < -0.3 is 14.6 Å². The van der Waals surface area contributed by atoms with Crippen LogP contribution in [-0.4, -0.2) is 31.1 Å². The van der Waals surface area contributed by atoms with Crippen molar-refractivity contribution in [2.24, 2.45) is 5.92 Å². The van der Waals surface area contributed by atoms with Crippen LogP contribution < -0.4 is 0 Å². The first-order valence-electron chi connectivity index (χ1n) is 3.29. The molecule has 1 aliphatic heterocycles. The third-order valence-corrected chi connectivity index (χ3v) is 1.57. The van der Waals surface area contributed by atoms with E-state index in [0.29, 0.717) is 13.2 Å². The standard InChI is InChI=1S/C7H10O4/c1-5(7(8)9)6-2-10-4-11-3-6/h6H,1-4H2,(H,8,9). The van der Waals surface area contributed by atoms with Gasteiger partial charge in [-0.2, -0.15) is 0 Å². The van der Waals surface area contributed by atoms with Crippen LogP contribution in [0.15, 0.2) is 12.2 Å². The Hall–Kier alpha value is -0.870. The number of aliphatic carboxylic acids is 1. The van der Waals surface area contributed by atoms with Gasteiger partial charge in [0.05, 0.1) is 13.2 Å². The van der Waals surface area contributed by atoms with Crippen molar-refractivity contribution < 1.29 is 19.4 Å². The van der Waals surface area contributed by atoms with Crippen LogP contribution in [0.3, 0.4) is 0 Å². The maximum atomic E-state index is 10.4. The van der Waals surface area contributed by atoms with E-state index >= 15 is 0 Å². The first-order chi connectivity index (χ1) is 5.22. The van der Waals surface area contributed by atoms with Gasteiger partial charge in [-0.25, -0.2) is 4.79 Å². The van der Waals surface area contributed by atoms with Gasteiger partial charge in [-0.15, -0.1) is 0 Å². The average Bonchev–Trinajstić information content (AvgIpc) is 2.05. The van der Waals surface area contributed by atoms with E-state index in [0.717, 1.165) is 0 Å². The summed E-state index contributed by atoms with van der Waals surface area (Å²) < 4.78 is 9.81. The Balaban J connectivity index is 2.45. The fourth-order valence-corrected chi connectivity index (χ4v) is 0.864. The normalized spacial score (nSPS) is 19.6. The summed E-state index contributed by atoms with van der Waals surface area (Å²) in [6.45, 7) is 4.46. The lowest BCUT2D eigenvalue weighted by Crippen LogP contribution is -2.27. The average molecular weight is 158 g/mol. The molecule has 4 heteroatoms. The van der Waals surface area contributed by atoms with Crippen LogP contribution in [0.1, 0.15) is 0 Å². The fraction of sp³-hybridized carbons (Fsp3) is 0.571. The summed E-state index contributed by atoms with van der Waals surface area (Å²) in [4.78, 5) is 10.4. The number of carbonyl (C=O) groups is 1. The second-order valence-electron chi connectivity index (χ2n) is 2.39. The van der Waals surface area contributed by atoms with E-state index in [9.17, 15) is 4.79 Å². The minimum absolute atomic E-state index is 0.157. The van der Waals surface area contributed by atoms with Crippen molar-refractivity contribution in [2.45, 2.75) is 0 Å². The first-order valence-corrected chi connectivity index (χ1v) is 3.29. The number of carboxylic acids is 1. The van der Waals surface area contributed by atoms with Crippen molar-refractivity contribution in [1.29, 1.82) is 0 Å². The fourth-order valence-electron chi connectivity index (χ4n) is 0.864. The monoisotopic (exact) mass is 158 g/mol. The van der Waals surface area contributed by atoms with Crippen molar-refractivity contribution in [3.63, 3.8) is 0 Å². The van der Waals surface area contributed by atoms with Crippen LogP contribution in [0.4, 0.5) is 0 Å². The molecule has 0 aromatic rings. The zero-order valence-corrected chi connectivity index (χ0v) is 6.08. The maximum Gasteiger partial charge on any atom is 0.331 e. The van der Waals surface area contributed by atoms with Crippen molar-refractivity contribution >= 4 is 5.97 Å². The third kappa shape index (κ3) is 2.03. The molecule has 0 aromatic heterocycles. The predicted molar refractivity (Wildman–Crippen MR) is 37.0 cm³/mol. The van der Waals surface area contributed by atoms with Gasteiger partial charge >= 0.3 is 5.97 Å². The molecule has 1 aliphatic rings. The summed E-state index contributed by atoms with van der Waals surface area (Å²) in [6.07, 6.45) is 0. The lowest BCUT2D eigenvalue weighted by molar-refractivity contribution is -0.140. The molecule has 1 rings (SSSR count). The molecular weight excluding hydrogens is 148 g/mol. The Kier molecular flexibility index (Phi) is 2.62. The van der Waals surface area contributed by atoms with Gasteiger partial charge in [0.1, 0.15) is 6.79 Å². The molecule has 62 valence electrons. The maximum absolute atomic E-state index is 10.4. The number of carboxylic acid groups (broad SMARTS) is 1. The van der Waals surface area contributed by atoms with Gasteiger partial charge in [-0.3, -0.25) is 0 Å². The van der Waals surface area contributed by atoms with E-state index in [1.165, 1.54) is 0 Å². The largest absolute Gasteiger partial charge is 0.478 e. The second-order valence-corrected chi connectivity index (χ2v) is 2.39. The topological polar surface area (TPSA) is 55.8 Å². The lowest BCUT2D eigenvalue weighted by Gasteiger charge is -2.21. The molecule has 0 radical (unpaired) electrons. The second kappa shape index (κ2) is 3.50. The molecule has 0 aliphatic carbocycles.